The molecule has 0 unspecified atom stereocenters. The van der Waals surface area contributed by atoms with Crippen LogP contribution < -0.4 is 0 Å². The molecule has 0 fully saturated rings. The van der Waals surface area contributed by atoms with Crippen LogP contribution in [0, 0.1) is 6.92 Å². The Morgan fingerprint density at radius 2 is 2.43 bits per heavy atom. The van der Waals surface area contributed by atoms with Crippen LogP contribution in [0.1, 0.15) is 5.56 Å². The minimum atomic E-state index is 0.400. The Labute approximate surface area is 46.2 Å². The first-order chi connectivity index (χ1) is 3.29. The third-order valence-electron chi connectivity index (χ3n) is 0.717. The van der Waals surface area contributed by atoms with Crippen molar-refractivity contribution in [2.75, 3.05) is 0 Å². The number of aryl methyl sites for hydroxylation is 1. The first-order valence-corrected chi connectivity index (χ1v) is 2.91. The lowest BCUT2D eigenvalue weighted by Gasteiger charge is -1.70. The molecule has 0 radical (unpaired) electrons. The lowest BCUT2D eigenvalue weighted by atomic mass is 10.4. The van der Waals surface area contributed by atoms with Crippen LogP contribution in [0.15, 0.2) is 11.4 Å². The van der Waals surface area contributed by atoms with Gasteiger partial charge in [-0.1, -0.05) is 0 Å². The zero-order valence-corrected chi connectivity index (χ0v) is 4.83. The van der Waals surface area contributed by atoms with Gasteiger partial charge in [-0.15, -0.1) is 11.3 Å². The molecule has 0 spiro atoms. The lowest BCUT2D eigenvalue weighted by molar-refractivity contribution is 0.490. The van der Waals surface area contributed by atoms with Crippen LogP contribution in [0.3, 0.4) is 0 Å². The highest BCUT2D eigenvalue weighted by Crippen LogP contribution is 2.19. The molecule has 1 N–H and O–H groups in total. The molecule has 0 bridgehead atoms. The fourth-order valence-corrected chi connectivity index (χ4v) is 1.04. The highest BCUT2D eigenvalue weighted by Gasteiger charge is 1.87. The van der Waals surface area contributed by atoms with Gasteiger partial charge in [0.1, 0.15) is 0 Å². The minimum absolute atomic E-state index is 0.400. The second kappa shape index (κ2) is 1.54. The summed E-state index contributed by atoms with van der Waals surface area (Å²) in [5.41, 5.74) is 1.13. The van der Waals surface area contributed by atoms with Crippen molar-refractivity contribution in [1.82, 2.24) is 0 Å². The molecule has 1 heterocycles. The standard InChI is InChI=1S/C5H6OS/c1-4-2-5(6)7-3-4/h2-3,6H,1H3. The molecule has 0 saturated heterocycles. The van der Waals surface area contributed by atoms with Crippen LogP contribution in [0.2, 0.25) is 0 Å². The zero-order valence-electron chi connectivity index (χ0n) is 4.01. The van der Waals surface area contributed by atoms with Crippen LogP contribution >= 0.6 is 11.3 Å². The van der Waals surface area contributed by atoms with Gasteiger partial charge in [-0.3, -0.25) is 0 Å². The smallest absolute Gasteiger partial charge is 0.171 e. The van der Waals surface area contributed by atoms with E-state index in [0.717, 1.165) is 5.56 Å². The van der Waals surface area contributed by atoms with Gasteiger partial charge in [0.2, 0.25) is 0 Å². The monoisotopic (exact) mass is 114 g/mol. The molecule has 0 aliphatic carbocycles. The highest BCUT2D eigenvalue weighted by molar-refractivity contribution is 7.11. The average molecular weight is 114 g/mol. The summed E-state index contributed by atoms with van der Waals surface area (Å²) in [5.74, 6) is 0. The molecule has 0 saturated carbocycles. The topological polar surface area (TPSA) is 20.2 Å². The number of rotatable bonds is 0. The third kappa shape index (κ3) is 0.933. The number of aromatic hydroxyl groups is 1. The van der Waals surface area contributed by atoms with Crippen LogP contribution in [0.25, 0.3) is 0 Å². The van der Waals surface area contributed by atoms with Crippen LogP contribution in [-0.2, 0) is 0 Å². The summed E-state index contributed by atoms with van der Waals surface area (Å²) in [7, 11) is 0. The first kappa shape index (κ1) is 4.65. The van der Waals surface area contributed by atoms with Gasteiger partial charge >= 0.3 is 0 Å². The summed E-state index contributed by atoms with van der Waals surface area (Å²) in [5, 5.41) is 11.0. The summed E-state index contributed by atoms with van der Waals surface area (Å²) in [6.07, 6.45) is 0. The molecule has 7 heavy (non-hydrogen) atoms. The second-order valence-corrected chi connectivity index (χ2v) is 2.35. The highest BCUT2D eigenvalue weighted by atomic mass is 32.1. The third-order valence-corrected chi connectivity index (χ3v) is 1.57. The van der Waals surface area contributed by atoms with E-state index in [1.807, 2.05) is 12.3 Å². The summed E-state index contributed by atoms with van der Waals surface area (Å²) in [6.45, 7) is 1.95. The molecule has 38 valence electrons. The van der Waals surface area contributed by atoms with Crippen molar-refractivity contribution in [1.29, 1.82) is 0 Å². The van der Waals surface area contributed by atoms with E-state index in [1.165, 1.54) is 11.3 Å². The Bertz CT molecular complexity index is 140. The molecular weight excluding hydrogens is 108 g/mol. The average Bonchev–Trinajstić information content (AvgIpc) is 1.87. The Morgan fingerprint density at radius 3 is 2.57 bits per heavy atom. The Kier molecular flexibility index (Phi) is 1.02. The molecule has 1 rings (SSSR count). The molecule has 1 nitrogen and oxygen atoms in total. The van der Waals surface area contributed by atoms with Crippen LogP contribution in [0.4, 0.5) is 0 Å². The summed E-state index contributed by atoms with van der Waals surface area (Å²) in [6, 6.07) is 1.74. The summed E-state index contributed by atoms with van der Waals surface area (Å²) >= 11 is 1.36. The van der Waals surface area contributed by atoms with Crippen LogP contribution in [-0.4, -0.2) is 5.11 Å². The SMILES string of the molecule is Cc1csc(O)c1. The number of hydrogen-bond donors (Lipinski definition) is 1. The van der Waals surface area contributed by atoms with Crippen LogP contribution in [0.5, 0.6) is 5.06 Å². The van der Waals surface area contributed by atoms with Crippen molar-refractivity contribution in [3.8, 4) is 5.06 Å². The van der Waals surface area contributed by atoms with Gasteiger partial charge in [0.05, 0.1) is 0 Å². The summed E-state index contributed by atoms with van der Waals surface area (Å²) in [4.78, 5) is 0. The molecule has 0 aliphatic rings. The molecule has 1 aromatic heterocycles. The molecular formula is C5H6OS. The minimum Gasteiger partial charge on any atom is -0.499 e. The van der Waals surface area contributed by atoms with Crippen molar-refractivity contribution < 1.29 is 5.11 Å². The van der Waals surface area contributed by atoms with Gasteiger partial charge in [0.15, 0.2) is 5.06 Å². The van der Waals surface area contributed by atoms with E-state index in [2.05, 4.69) is 0 Å². The van der Waals surface area contributed by atoms with Crippen molar-refractivity contribution in [3.63, 3.8) is 0 Å². The van der Waals surface area contributed by atoms with E-state index in [-0.39, 0.29) is 0 Å². The Balaban J connectivity index is 3.04. The van der Waals surface area contributed by atoms with Gasteiger partial charge in [0, 0.05) is 0 Å². The van der Waals surface area contributed by atoms with E-state index < -0.39 is 0 Å². The Morgan fingerprint density at radius 1 is 1.71 bits per heavy atom. The van der Waals surface area contributed by atoms with Crippen molar-refractivity contribution in [2.45, 2.75) is 6.92 Å². The molecule has 1 aromatic rings. The second-order valence-electron chi connectivity index (χ2n) is 1.46. The van der Waals surface area contributed by atoms with E-state index in [9.17, 15) is 0 Å². The van der Waals surface area contributed by atoms with E-state index in [1.54, 1.807) is 6.07 Å². The maximum Gasteiger partial charge on any atom is 0.171 e. The lowest BCUT2D eigenvalue weighted by Crippen LogP contribution is -1.50. The van der Waals surface area contributed by atoms with Gasteiger partial charge in [-0.2, -0.15) is 0 Å². The zero-order chi connectivity index (χ0) is 5.28. The largest absolute Gasteiger partial charge is 0.499 e. The predicted octanol–water partition coefficient (Wildman–Crippen LogP) is 1.76. The number of thiophene rings is 1. The molecule has 0 atom stereocenters. The van der Waals surface area contributed by atoms with Gasteiger partial charge in [-0.05, 0) is 23.9 Å². The van der Waals surface area contributed by atoms with Gasteiger partial charge in [-0.25, -0.2) is 0 Å². The Hall–Kier alpha value is -0.500. The maximum absolute atomic E-state index is 8.67. The first-order valence-electron chi connectivity index (χ1n) is 2.03. The fraction of sp³-hybridized carbons (Fsp3) is 0.200. The van der Waals surface area contributed by atoms with Gasteiger partial charge in [0.25, 0.3) is 0 Å². The van der Waals surface area contributed by atoms with E-state index in [4.69, 9.17) is 5.11 Å². The molecule has 0 aliphatic heterocycles. The normalized spacial score (nSPS) is 9.29. The maximum atomic E-state index is 8.67. The number of hydrogen-bond acceptors (Lipinski definition) is 2. The molecule has 0 amide bonds. The van der Waals surface area contributed by atoms with Crippen molar-refractivity contribution in [2.24, 2.45) is 0 Å². The van der Waals surface area contributed by atoms with Crippen molar-refractivity contribution in [3.05, 3.63) is 17.0 Å². The summed E-state index contributed by atoms with van der Waals surface area (Å²) < 4.78 is 0. The quantitative estimate of drug-likeness (QED) is 0.545. The molecule has 0 aromatic carbocycles. The predicted molar refractivity (Wildman–Crippen MR) is 30.7 cm³/mol. The van der Waals surface area contributed by atoms with E-state index >= 15 is 0 Å². The van der Waals surface area contributed by atoms with Crippen molar-refractivity contribution >= 4 is 11.3 Å². The van der Waals surface area contributed by atoms with E-state index in [0.29, 0.717) is 5.06 Å². The molecule has 2 heteroatoms. The fourth-order valence-electron chi connectivity index (χ4n) is 0.416. The van der Waals surface area contributed by atoms with Gasteiger partial charge < -0.3 is 5.11 Å².